The smallest absolute Gasteiger partial charge is 0.223 e. The standard InChI is InChI=1S/C16H22N2O2S/c1-20-14-2-4-15(5-3-14)21-7-6-16(19)18-10-12-8-17-9-13(12)11-18/h2-5,12-13,17H,6-11H2,1H3/t12-,13+. The van der Waals surface area contributed by atoms with Gasteiger partial charge < -0.3 is 15.0 Å². The molecule has 2 aliphatic rings. The Labute approximate surface area is 130 Å². The summed E-state index contributed by atoms with van der Waals surface area (Å²) in [6.45, 7) is 4.05. The summed E-state index contributed by atoms with van der Waals surface area (Å²) in [5.41, 5.74) is 0. The zero-order valence-corrected chi connectivity index (χ0v) is 13.2. The second-order valence-corrected chi connectivity index (χ2v) is 6.92. The molecule has 0 spiro atoms. The fourth-order valence-electron chi connectivity index (χ4n) is 3.15. The number of fused-ring (bicyclic) bond motifs is 1. The number of ether oxygens (including phenoxy) is 1. The van der Waals surface area contributed by atoms with Gasteiger partial charge in [0, 0.05) is 43.2 Å². The second kappa shape index (κ2) is 6.71. The summed E-state index contributed by atoms with van der Waals surface area (Å²) < 4.78 is 5.14. The quantitative estimate of drug-likeness (QED) is 0.843. The van der Waals surface area contributed by atoms with E-state index in [2.05, 4.69) is 10.2 Å². The van der Waals surface area contributed by atoms with Crippen molar-refractivity contribution >= 4 is 17.7 Å². The van der Waals surface area contributed by atoms with Gasteiger partial charge in [-0.05, 0) is 36.1 Å². The summed E-state index contributed by atoms with van der Waals surface area (Å²) in [6, 6.07) is 8.00. The minimum absolute atomic E-state index is 0.311. The number of rotatable bonds is 5. The van der Waals surface area contributed by atoms with Crippen LogP contribution >= 0.6 is 11.8 Å². The van der Waals surface area contributed by atoms with Crippen LogP contribution in [-0.4, -0.2) is 49.8 Å². The van der Waals surface area contributed by atoms with Crippen molar-refractivity contribution in [2.45, 2.75) is 11.3 Å². The lowest BCUT2D eigenvalue weighted by Gasteiger charge is -2.17. The third kappa shape index (κ3) is 3.52. The summed E-state index contributed by atoms with van der Waals surface area (Å²) in [4.78, 5) is 15.5. The van der Waals surface area contributed by atoms with Crippen LogP contribution in [0.2, 0.25) is 0 Å². The van der Waals surface area contributed by atoms with Crippen molar-refractivity contribution in [3.05, 3.63) is 24.3 Å². The van der Waals surface area contributed by atoms with Crippen LogP contribution in [0.3, 0.4) is 0 Å². The van der Waals surface area contributed by atoms with E-state index in [1.807, 2.05) is 24.3 Å². The van der Waals surface area contributed by atoms with Gasteiger partial charge in [-0.25, -0.2) is 0 Å². The number of hydrogen-bond donors (Lipinski definition) is 1. The van der Waals surface area contributed by atoms with Crippen molar-refractivity contribution in [1.82, 2.24) is 10.2 Å². The van der Waals surface area contributed by atoms with Crippen LogP contribution in [-0.2, 0) is 4.79 Å². The van der Waals surface area contributed by atoms with E-state index in [1.54, 1.807) is 18.9 Å². The van der Waals surface area contributed by atoms with Gasteiger partial charge in [0.1, 0.15) is 5.75 Å². The van der Waals surface area contributed by atoms with Gasteiger partial charge in [0.05, 0.1) is 7.11 Å². The number of hydrogen-bond acceptors (Lipinski definition) is 4. The first-order valence-electron chi connectivity index (χ1n) is 7.51. The molecule has 0 unspecified atom stereocenters. The highest BCUT2D eigenvalue weighted by Gasteiger charge is 2.37. The van der Waals surface area contributed by atoms with Crippen molar-refractivity contribution in [2.24, 2.45) is 11.8 Å². The molecule has 1 aromatic carbocycles. The van der Waals surface area contributed by atoms with Crippen molar-refractivity contribution in [1.29, 1.82) is 0 Å². The lowest BCUT2D eigenvalue weighted by molar-refractivity contribution is -0.129. The van der Waals surface area contributed by atoms with Crippen molar-refractivity contribution in [2.75, 3.05) is 39.0 Å². The monoisotopic (exact) mass is 306 g/mol. The number of likely N-dealkylation sites (tertiary alicyclic amines) is 1. The van der Waals surface area contributed by atoms with Gasteiger partial charge in [-0.15, -0.1) is 11.8 Å². The molecule has 1 amide bonds. The molecular formula is C16H22N2O2S. The summed E-state index contributed by atoms with van der Waals surface area (Å²) in [6.07, 6.45) is 0.629. The highest BCUT2D eigenvalue weighted by molar-refractivity contribution is 7.99. The van der Waals surface area contributed by atoms with E-state index in [0.29, 0.717) is 24.2 Å². The normalized spacial score (nSPS) is 24.1. The lowest BCUT2D eigenvalue weighted by atomic mass is 10.0. The highest BCUT2D eigenvalue weighted by Crippen LogP contribution is 2.27. The van der Waals surface area contributed by atoms with Crippen molar-refractivity contribution in [3.8, 4) is 5.75 Å². The topological polar surface area (TPSA) is 41.6 Å². The number of nitrogens with one attached hydrogen (secondary N) is 1. The van der Waals surface area contributed by atoms with E-state index < -0.39 is 0 Å². The van der Waals surface area contributed by atoms with E-state index in [1.165, 1.54) is 4.90 Å². The molecule has 0 radical (unpaired) electrons. The molecule has 21 heavy (non-hydrogen) atoms. The van der Waals surface area contributed by atoms with Crippen LogP contribution in [0.15, 0.2) is 29.2 Å². The number of methoxy groups -OCH3 is 1. The van der Waals surface area contributed by atoms with Crippen molar-refractivity contribution < 1.29 is 9.53 Å². The Balaban J connectivity index is 1.41. The van der Waals surface area contributed by atoms with Crippen LogP contribution in [0.25, 0.3) is 0 Å². The molecule has 5 heteroatoms. The molecule has 2 heterocycles. The predicted octanol–water partition coefficient (Wildman–Crippen LogP) is 1.86. The molecule has 114 valence electrons. The molecule has 4 nitrogen and oxygen atoms in total. The van der Waals surface area contributed by atoms with Gasteiger partial charge >= 0.3 is 0 Å². The second-order valence-electron chi connectivity index (χ2n) is 5.75. The maximum Gasteiger partial charge on any atom is 0.223 e. The van der Waals surface area contributed by atoms with Gasteiger partial charge in [-0.2, -0.15) is 0 Å². The number of carbonyl (C=O) groups excluding carboxylic acids is 1. The maximum absolute atomic E-state index is 12.2. The SMILES string of the molecule is COc1ccc(SCCC(=O)N2C[C@H]3CNC[C@H]3C2)cc1. The van der Waals surface area contributed by atoms with Gasteiger partial charge in [0.2, 0.25) is 5.91 Å². The van der Waals surface area contributed by atoms with Crippen LogP contribution in [0, 0.1) is 11.8 Å². The minimum atomic E-state index is 0.311. The number of benzene rings is 1. The highest BCUT2D eigenvalue weighted by atomic mass is 32.2. The number of amides is 1. The predicted molar refractivity (Wildman–Crippen MR) is 84.8 cm³/mol. The van der Waals surface area contributed by atoms with E-state index in [0.717, 1.165) is 37.7 Å². The molecule has 3 rings (SSSR count). The zero-order valence-electron chi connectivity index (χ0n) is 12.4. The molecule has 1 aromatic rings. The van der Waals surface area contributed by atoms with Crippen LogP contribution < -0.4 is 10.1 Å². The zero-order chi connectivity index (χ0) is 14.7. The Morgan fingerprint density at radius 1 is 1.29 bits per heavy atom. The Morgan fingerprint density at radius 2 is 1.95 bits per heavy atom. The average Bonchev–Trinajstić information content (AvgIpc) is 3.09. The first-order valence-corrected chi connectivity index (χ1v) is 8.50. The van der Waals surface area contributed by atoms with E-state index in [-0.39, 0.29) is 0 Å². The minimum Gasteiger partial charge on any atom is -0.497 e. The third-order valence-corrected chi connectivity index (χ3v) is 5.40. The summed E-state index contributed by atoms with van der Waals surface area (Å²) in [5.74, 6) is 3.39. The van der Waals surface area contributed by atoms with Crippen molar-refractivity contribution in [3.63, 3.8) is 0 Å². The van der Waals surface area contributed by atoms with E-state index in [4.69, 9.17) is 4.74 Å². The maximum atomic E-state index is 12.2. The molecular weight excluding hydrogens is 284 g/mol. The third-order valence-electron chi connectivity index (χ3n) is 4.39. The number of nitrogens with zero attached hydrogens (tertiary/aromatic N) is 1. The van der Waals surface area contributed by atoms with Crippen LogP contribution in [0.4, 0.5) is 0 Å². The van der Waals surface area contributed by atoms with Gasteiger partial charge in [0.15, 0.2) is 0 Å². The Kier molecular flexibility index (Phi) is 4.70. The van der Waals surface area contributed by atoms with E-state index >= 15 is 0 Å². The van der Waals surface area contributed by atoms with Crippen LogP contribution in [0.1, 0.15) is 6.42 Å². The molecule has 0 saturated carbocycles. The molecule has 2 fully saturated rings. The molecule has 1 N–H and O–H groups in total. The van der Waals surface area contributed by atoms with E-state index in [9.17, 15) is 4.79 Å². The van der Waals surface area contributed by atoms with Gasteiger partial charge in [-0.1, -0.05) is 0 Å². The number of carbonyl (C=O) groups is 1. The number of thioether (sulfide) groups is 1. The first kappa shape index (κ1) is 14.7. The molecule has 0 aromatic heterocycles. The lowest BCUT2D eigenvalue weighted by Crippen LogP contribution is -2.32. The average molecular weight is 306 g/mol. The largest absolute Gasteiger partial charge is 0.497 e. The summed E-state index contributed by atoms with van der Waals surface area (Å²) >= 11 is 1.73. The van der Waals surface area contributed by atoms with Gasteiger partial charge in [-0.3, -0.25) is 4.79 Å². The Morgan fingerprint density at radius 3 is 2.57 bits per heavy atom. The fourth-order valence-corrected chi connectivity index (χ4v) is 3.99. The van der Waals surface area contributed by atoms with Gasteiger partial charge in [0.25, 0.3) is 0 Å². The first-order chi connectivity index (χ1) is 10.3. The fraction of sp³-hybridized carbons (Fsp3) is 0.562. The molecule has 0 aliphatic carbocycles. The Bertz CT molecular complexity index is 480. The Hall–Kier alpha value is -1.20. The summed E-state index contributed by atoms with van der Waals surface area (Å²) in [7, 11) is 1.67. The molecule has 2 atom stereocenters. The molecule has 2 saturated heterocycles. The molecule has 2 aliphatic heterocycles. The van der Waals surface area contributed by atoms with Crippen LogP contribution in [0.5, 0.6) is 5.75 Å². The molecule has 0 bridgehead atoms. The summed E-state index contributed by atoms with van der Waals surface area (Å²) in [5, 5.41) is 3.41.